The molecule has 0 aromatic heterocycles. The van der Waals surface area contributed by atoms with Gasteiger partial charge in [0.05, 0.1) is 0 Å². The van der Waals surface area contributed by atoms with Crippen molar-refractivity contribution in [2.45, 2.75) is 104 Å². The molecule has 0 radical (unpaired) electrons. The van der Waals surface area contributed by atoms with Crippen molar-refractivity contribution in [3.8, 4) is 0 Å². The van der Waals surface area contributed by atoms with E-state index < -0.39 is 0 Å². The molecule has 0 saturated carbocycles. The van der Waals surface area contributed by atoms with Crippen molar-refractivity contribution < 1.29 is 0 Å². The molecule has 0 aliphatic rings. The predicted octanol–water partition coefficient (Wildman–Crippen LogP) is 9.98. The van der Waals surface area contributed by atoms with Gasteiger partial charge in [-0.25, -0.2) is 0 Å². The summed E-state index contributed by atoms with van der Waals surface area (Å²) in [6.07, 6.45) is 19.9. The number of hydrogen-bond acceptors (Lipinski definition) is 5. The fraction of sp³-hybridized carbons (Fsp3) is 1.00. The molecule has 5 heteroatoms. The van der Waals surface area contributed by atoms with Crippen LogP contribution in [0.25, 0.3) is 0 Å². The van der Waals surface area contributed by atoms with E-state index in [1.54, 1.807) is 0 Å². The second-order valence-corrected chi connectivity index (χ2v) is 14.1. The zero-order valence-corrected chi connectivity index (χ0v) is 22.3. The molecule has 164 valence electrons. The van der Waals surface area contributed by atoms with Gasteiger partial charge in [-0.15, -0.1) is 0 Å². The lowest BCUT2D eigenvalue weighted by atomic mass is 10.1. The standard InChI is InChI=1S/C22H46S5/c1-3-5-7-9-11-13-17-23-19-15-21-25-27-26-22-16-20-24-18-14-12-10-8-6-4-2/h3-22H2,1-2H3. The zero-order valence-electron chi connectivity index (χ0n) is 18.2. The van der Waals surface area contributed by atoms with Crippen LogP contribution in [0.4, 0.5) is 0 Å². The van der Waals surface area contributed by atoms with E-state index in [0.717, 1.165) is 0 Å². The van der Waals surface area contributed by atoms with Gasteiger partial charge in [0, 0.05) is 11.5 Å². The van der Waals surface area contributed by atoms with E-state index in [1.807, 2.05) is 9.83 Å². The second-order valence-electron chi connectivity index (χ2n) is 7.18. The minimum atomic E-state index is 1.33. The van der Waals surface area contributed by atoms with Gasteiger partial charge in [-0.05, 0) is 58.5 Å². The van der Waals surface area contributed by atoms with E-state index in [1.165, 1.54) is 124 Å². The lowest BCUT2D eigenvalue weighted by Gasteiger charge is -2.03. The normalized spacial score (nSPS) is 11.3. The van der Waals surface area contributed by atoms with Gasteiger partial charge in [0.1, 0.15) is 0 Å². The Labute approximate surface area is 192 Å². The molecule has 0 aliphatic carbocycles. The van der Waals surface area contributed by atoms with Crippen LogP contribution in [-0.4, -0.2) is 34.5 Å². The summed E-state index contributed by atoms with van der Waals surface area (Å²) < 4.78 is 0. The van der Waals surface area contributed by atoms with Crippen LogP contribution in [0.15, 0.2) is 0 Å². The van der Waals surface area contributed by atoms with Gasteiger partial charge in [-0.2, -0.15) is 23.5 Å². The van der Waals surface area contributed by atoms with Crippen LogP contribution in [0.2, 0.25) is 0 Å². The van der Waals surface area contributed by atoms with E-state index in [4.69, 9.17) is 0 Å². The highest BCUT2D eigenvalue weighted by Crippen LogP contribution is 2.35. The second kappa shape index (κ2) is 27.8. The third kappa shape index (κ3) is 27.8. The van der Waals surface area contributed by atoms with Gasteiger partial charge < -0.3 is 0 Å². The maximum atomic E-state index is 2.29. The molecule has 0 N–H and O–H groups in total. The van der Waals surface area contributed by atoms with Crippen molar-refractivity contribution in [3.05, 3.63) is 0 Å². The van der Waals surface area contributed by atoms with E-state index in [9.17, 15) is 0 Å². The van der Waals surface area contributed by atoms with E-state index >= 15 is 0 Å². The van der Waals surface area contributed by atoms with E-state index in [2.05, 4.69) is 59.0 Å². The summed E-state index contributed by atoms with van der Waals surface area (Å²) in [7, 11) is 6.17. The maximum Gasteiger partial charge on any atom is 0.00530 e. The van der Waals surface area contributed by atoms with Crippen molar-refractivity contribution in [1.29, 1.82) is 0 Å². The van der Waals surface area contributed by atoms with Gasteiger partial charge in [-0.1, -0.05) is 99.6 Å². The van der Waals surface area contributed by atoms with Crippen molar-refractivity contribution in [3.63, 3.8) is 0 Å². The first-order valence-electron chi connectivity index (χ1n) is 11.5. The van der Waals surface area contributed by atoms with Crippen molar-refractivity contribution >= 4 is 54.9 Å². The molecule has 0 aliphatic heterocycles. The number of hydrogen-bond donors (Lipinski definition) is 0. The fourth-order valence-electron chi connectivity index (χ4n) is 2.71. The summed E-state index contributed by atoms with van der Waals surface area (Å²) in [5, 5.41) is 0. The quantitative estimate of drug-likeness (QED) is 0.101. The summed E-state index contributed by atoms with van der Waals surface area (Å²) >= 11 is 4.34. The van der Waals surface area contributed by atoms with Crippen LogP contribution < -0.4 is 0 Å². The van der Waals surface area contributed by atoms with Crippen LogP contribution in [0, 0.1) is 0 Å². The number of thioether (sulfide) groups is 2. The SMILES string of the molecule is CCCCCCCCSCCCSSSCCCSCCCCCCCC. The molecule has 0 atom stereocenters. The molecule has 0 aromatic rings. The summed E-state index contributed by atoms with van der Waals surface area (Å²) in [5.41, 5.74) is 0. The molecule has 0 fully saturated rings. The molecular weight excluding hydrogens is 425 g/mol. The van der Waals surface area contributed by atoms with E-state index in [0.29, 0.717) is 0 Å². The Morgan fingerprint density at radius 3 is 1.19 bits per heavy atom. The first-order valence-corrected chi connectivity index (χ1v) is 17.6. The topological polar surface area (TPSA) is 0 Å². The highest BCUT2D eigenvalue weighted by molar-refractivity contribution is 9.09. The smallest absolute Gasteiger partial charge is 0.00530 e. The molecule has 0 saturated heterocycles. The predicted molar refractivity (Wildman–Crippen MR) is 143 cm³/mol. The Morgan fingerprint density at radius 2 is 0.741 bits per heavy atom. The van der Waals surface area contributed by atoms with Gasteiger partial charge in [0.15, 0.2) is 0 Å². The van der Waals surface area contributed by atoms with Crippen LogP contribution in [0.1, 0.15) is 104 Å². The largest absolute Gasteiger partial charge is 0.162 e. The van der Waals surface area contributed by atoms with E-state index in [-0.39, 0.29) is 0 Å². The number of rotatable bonds is 24. The number of unbranched alkanes of at least 4 members (excludes halogenated alkanes) is 10. The molecule has 0 bridgehead atoms. The molecule has 0 aromatic carbocycles. The summed E-state index contributed by atoms with van der Waals surface area (Å²) in [5.74, 6) is 8.15. The summed E-state index contributed by atoms with van der Waals surface area (Å²) in [6.45, 7) is 4.59. The molecule has 0 heterocycles. The van der Waals surface area contributed by atoms with Crippen molar-refractivity contribution in [2.24, 2.45) is 0 Å². The van der Waals surface area contributed by atoms with Crippen LogP contribution in [0.5, 0.6) is 0 Å². The Morgan fingerprint density at radius 1 is 0.370 bits per heavy atom. The first-order chi connectivity index (χ1) is 13.4. The Hall–Kier alpha value is 1.75. The molecule has 0 amide bonds. The Bertz CT molecular complexity index is 227. The Kier molecular flexibility index (Phi) is 29.5. The summed E-state index contributed by atoms with van der Waals surface area (Å²) in [6, 6.07) is 0. The van der Waals surface area contributed by atoms with Crippen LogP contribution in [-0.2, 0) is 0 Å². The summed E-state index contributed by atoms with van der Waals surface area (Å²) in [4.78, 5) is 0. The Balaban J connectivity index is 2.95. The third-order valence-electron chi connectivity index (χ3n) is 4.41. The highest BCUT2D eigenvalue weighted by atomic mass is 33.5. The highest BCUT2D eigenvalue weighted by Gasteiger charge is 1.96. The third-order valence-corrected chi connectivity index (χ3v) is 11.1. The average molecular weight is 471 g/mol. The van der Waals surface area contributed by atoms with Gasteiger partial charge in [0.2, 0.25) is 0 Å². The lowest BCUT2D eigenvalue weighted by Crippen LogP contribution is -1.87. The molecule has 0 rings (SSSR count). The van der Waals surface area contributed by atoms with Crippen molar-refractivity contribution in [1.82, 2.24) is 0 Å². The molecular formula is C22H46S5. The van der Waals surface area contributed by atoms with Gasteiger partial charge in [0.25, 0.3) is 0 Å². The van der Waals surface area contributed by atoms with Crippen LogP contribution in [0.3, 0.4) is 0 Å². The zero-order chi connectivity index (χ0) is 19.7. The molecule has 0 nitrogen and oxygen atoms in total. The fourth-order valence-corrected chi connectivity index (χ4v) is 8.89. The van der Waals surface area contributed by atoms with Crippen molar-refractivity contribution in [2.75, 3.05) is 34.5 Å². The molecule has 27 heavy (non-hydrogen) atoms. The average Bonchev–Trinajstić information content (AvgIpc) is 2.68. The first kappa shape index (κ1) is 28.8. The van der Waals surface area contributed by atoms with Gasteiger partial charge >= 0.3 is 0 Å². The monoisotopic (exact) mass is 470 g/mol. The van der Waals surface area contributed by atoms with Gasteiger partial charge in [-0.3, -0.25) is 0 Å². The minimum Gasteiger partial charge on any atom is -0.162 e. The molecule has 0 unspecified atom stereocenters. The lowest BCUT2D eigenvalue weighted by molar-refractivity contribution is 0.627. The maximum absolute atomic E-state index is 2.29. The molecule has 0 spiro atoms. The minimum absolute atomic E-state index is 1.33. The van der Waals surface area contributed by atoms with Crippen LogP contribution >= 0.6 is 54.9 Å².